The second-order valence-corrected chi connectivity index (χ2v) is 11.5. The largest absolute Gasteiger partial charge is 0.367 e. The number of rotatable bonds is 28. The molecular formula is C34H65N. The molecule has 0 saturated heterocycles. The standard InChI is InChI=1S/C34H65N/c1-3-5-7-9-11-13-15-16-17-18-19-20-22-24-26-28-30-34-32-35-31-33(34)29-27-25-23-21-14-12-10-8-6-4-2/h31-32,35H,3-30H2,1-2H3. The summed E-state index contributed by atoms with van der Waals surface area (Å²) in [7, 11) is 0. The fourth-order valence-electron chi connectivity index (χ4n) is 5.56. The third kappa shape index (κ3) is 21.1. The van der Waals surface area contributed by atoms with Crippen LogP contribution in [-0.4, -0.2) is 4.98 Å². The van der Waals surface area contributed by atoms with Crippen LogP contribution in [0.15, 0.2) is 12.4 Å². The van der Waals surface area contributed by atoms with Crippen molar-refractivity contribution in [3.05, 3.63) is 23.5 Å². The van der Waals surface area contributed by atoms with E-state index in [1.807, 2.05) is 0 Å². The zero-order valence-corrected chi connectivity index (χ0v) is 24.5. The van der Waals surface area contributed by atoms with E-state index in [-0.39, 0.29) is 0 Å². The van der Waals surface area contributed by atoms with Crippen LogP contribution in [0.3, 0.4) is 0 Å². The first-order chi connectivity index (χ1) is 17.4. The summed E-state index contributed by atoms with van der Waals surface area (Å²) >= 11 is 0. The normalized spacial score (nSPS) is 11.5. The second-order valence-electron chi connectivity index (χ2n) is 11.5. The van der Waals surface area contributed by atoms with Gasteiger partial charge in [0.1, 0.15) is 0 Å². The first kappa shape index (κ1) is 32.3. The first-order valence-corrected chi connectivity index (χ1v) is 16.5. The molecule has 1 aromatic rings. The summed E-state index contributed by atoms with van der Waals surface area (Å²) in [5.74, 6) is 0. The molecule has 0 saturated carbocycles. The summed E-state index contributed by atoms with van der Waals surface area (Å²) in [6, 6.07) is 0. The predicted octanol–water partition coefficient (Wildman–Crippen LogP) is 12.3. The van der Waals surface area contributed by atoms with E-state index in [1.54, 1.807) is 11.1 Å². The van der Waals surface area contributed by atoms with Crippen LogP contribution in [0.25, 0.3) is 0 Å². The first-order valence-electron chi connectivity index (χ1n) is 16.5. The van der Waals surface area contributed by atoms with E-state index < -0.39 is 0 Å². The van der Waals surface area contributed by atoms with Gasteiger partial charge in [0, 0.05) is 12.4 Å². The Morgan fingerprint density at radius 2 is 0.571 bits per heavy atom. The lowest BCUT2D eigenvalue weighted by molar-refractivity contribution is 0.529. The molecule has 0 unspecified atom stereocenters. The van der Waals surface area contributed by atoms with Crippen LogP contribution in [0.2, 0.25) is 0 Å². The van der Waals surface area contributed by atoms with Crippen LogP contribution >= 0.6 is 0 Å². The maximum atomic E-state index is 3.39. The van der Waals surface area contributed by atoms with Gasteiger partial charge in [0.05, 0.1) is 0 Å². The van der Waals surface area contributed by atoms with Gasteiger partial charge in [0.25, 0.3) is 0 Å². The van der Waals surface area contributed by atoms with Gasteiger partial charge in [0.2, 0.25) is 0 Å². The van der Waals surface area contributed by atoms with Gasteiger partial charge >= 0.3 is 0 Å². The Hall–Kier alpha value is -0.720. The van der Waals surface area contributed by atoms with E-state index in [1.165, 1.54) is 180 Å². The molecule has 0 aliphatic heterocycles. The van der Waals surface area contributed by atoms with Crippen molar-refractivity contribution in [1.29, 1.82) is 0 Å². The Kier molecular flexibility index (Phi) is 24.3. The van der Waals surface area contributed by atoms with E-state index >= 15 is 0 Å². The quantitative estimate of drug-likeness (QED) is 0.113. The zero-order chi connectivity index (χ0) is 25.1. The van der Waals surface area contributed by atoms with E-state index in [0.29, 0.717) is 0 Å². The minimum absolute atomic E-state index is 1.29. The average molecular weight is 488 g/mol. The highest BCUT2D eigenvalue weighted by Gasteiger charge is 2.04. The molecule has 0 fully saturated rings. The molecule has 0 bridgehead atoms. The molecule has 1 rings (SSSR count). The lowest BCUT2D eigenvalue weighted by Crippen LogP contribution is -1.92. The van der Waals surface area contributed by atoms with Gasteiger partial charge in [-0.2, -0.15) is 0 Å². The van der Waals surface area contributed by atoms with Crippen molar-refractivity contribution < 1.29 is 0 Å². The number of aryl methyl sites for hydroxylation is 2. The van der Waals surface area contributed by atoms with Crippen molar-refractivity contribution in [2.24, 2.45) is 0 Å². The summed E-state index contributed by atoms with van der Waals surface area (Å²) in [5.41, 5.74) is 3.21. The highest BCUT2D eigenvalue weighted by molar-refractivity contribution is 5.23. The number of hydrogen-bond donors (Lipinski definition) is 1. The zero-order valence-electron chi connectivity index (χ0n) is 24.5. The summed E-state index contributed by atoms with van der Waals surface area (Å²) in [4.78, 5) is 3.39. The van der Waals surface area contributed by atoms with Crippen molar-refractivity contribution >= 4 is 0 Å². The van der Waals surface area contributed by atoms with Crippen LogP contribution < -0.4 is 0 Å². The lowest BCUT2D eigenvalue weighted by atomic mass is 9.99. The minimum Gasteiger partial charge on any atom is -0.367 e. The lowest BCUT2D eigenvalue weighted by Gasteiger charge is -2.06. The molecule has 0 spiro atoms. The molecule has 1 heterocycles. The smallest absolute Gasteiger partial charge is 0.00401 e. The van der Waals surface area contributed by atoms with Crippen LogP contribution in [0.4, 0.5) is 0 Å². The van der Waals surface area contributed by atoms with E-state index in [0.717, 1.165) is 0 Å². The Bertz CT molecular complexity index is 516. The Morgan fingerprint density at radius 1 is 0.343 bits per heavy atom. The predicted molar refractivity (Wildman–Crippen MR) is 160 cm³/mol. The summed E-state index contributed by atoms with van der Waals surface area (Å²) < 4.78 is 0. The van der Waals surface area contributed by atoms with Crippen LogP contribution in [0.1, 0.15) is 192 Å². The fraction of sp³-hybridized carbons (Fsp3) is 0.882. The highest BCUT2D eigenvalue weighted by Crippen LogP contribution is 2.18. The van der Waals surface area contributed by atoms with E-state index in [2.05, 4.69) is 31.2 Å². The van der Waals surface area contributed by atoms with Crippen LogP contribution in [0, 0.1) is 0 Å². The third-order valence-corrected chi connectivity index (χ3v) is 8.03. The molecule has 35 heavy (non-hydrogen) atoms. The number of hydrogen-bond acceptors (Lipinski definition) is 0. The monoisotopic (exact) mass is 488 g/mol. The van der Waals surface area contributed by atoms with Gasteiger partial charge in [-0.3, -0.25) is 0 Å². The van der Waals surface area contributed by atoms with E-state index in [4.69, 9.17) is 0 Å². The van der Waals surface area contributed by atoms with Gasteiger partial charge in [0.15, 0.2) is 0 Å². The minimum atomic E-state index is 1.29. The molecule has 206 valence electrons. The van der Waals surface area contributed by atoms with Crippen molar-refractivity contribution in [2.45, 2.75) is 194 Å². The van der Waals surface area contributed by atoms with Gasteiger partial charge in [-0.25, -0.2) is 0 Å². The molecule has 0 atom stereocenters. The molecule has 1 aromatic heterocycles. The van der Waals surface area contributed by atoms with E-state index in [9.17, 15) is 0 Å². The van der Waals surface area contributed by atoms with Crippen molar-refractivity contribution in [3.63, 3.8) is 0 Å². The molecular weight excluding hydrogens is 422 g/mol. The number of aromatic amines is 1. The SMILES string of the molecule is CCCCCCCCCCCCCCCCCCc1c[nH]cc1CCCCCCCCCCCC. The summed E-state index contributed by atoms with van der Waals surface area (Å²) in [6.45, 7) is 4.61. The van der Waals surface area contributed by atoms with Crippen molar-refractivity contribution in [1.82, 2.24) is 4.98 Å². The second kappa shape index (κ2) is 26.3. The Balaban J connectivity index is 1.85. The Morgan fingerprint density at radius 3 is 0.829 bits per heavy atom. The molecule has 0 aliphatic carbocycles. The number of H-pyrrole nitrogens is 1. The van der Waals surface area contributed by atoms with Crippen LogP contribution in [0.5, 0.6) is 0 Å². The topological polar surface area (TPSA) is 15.8 Å². The van der Waals surface area contributed by atoms with Crippen LogP contribution in [-0.2, 0) is 12.8 Å². The van der Waals surface area contributed by atoms with Crippen molar-refractivity contribution in [3.8, 4) is 0 Å². The molecule has 0 radical (unpaired) electrons. The molecule has 1 nitrogen and oxygen atoms in total. The Labute approximate surface area is 222 Å². The van der Waals surface area contributed by atoms with Gasteiger partial charge in [-0.1, -0.05) is 168 Å². The molecule has 1 N–H and O–H groups in total. The van der Waals surface area contributed by atoms with Gasteiger partial charge in [-0.15, -0.1) is 0 Å². The summed E-state index contributed by atoms with van der Waals surface area (Å²) in [5, 5.41) is 0. The molecule has 1 heteroatoms. The third-order valence-electron chi connectivity index (χ3n) is 8.03. The molecule has 0 aromatic carbocycles. The van der Waals surface area contributed by atoms with Gasteiger partial charge < -0.3 is 4.98 Å². The number of nitrogens with one attached hydrogen (secondary N) is 1. The van der Waals surface area contributed by atoms with Crippen molar-refractivity contribution in [2.75, 3.05) is 0 Å². The summed E-state index contributed by atoms with van der Waals surface area (Å²) in [6.07, 6.45) is 44.6. The average Bonchev–Trinajstić information content (AvgIpc) is 3.32. The maximum absolute atomic E-state index is 3.39. The molecule has 0 amide bonds. The molecule has 0 aliphatic rings. The number of unbranched alkanes of at least 4 members (excludes halogenated alkanes) is 24. The number of aromatic nitrogens is 1. The maximum Gasteiger partial charge on any atom is 0.00401 e. The van der Waals surface area contributed by atoms with Gasteiger partial charge in [-0.05, 0) is 36.8 Å². The highest BCUT2D eigenvalue weighted by atomic mass is 14.6. The fourth-order valence-corrected chi connectivity index (χ4v) is 5.56.